The molecule has 1 fully saturated rings. The maximum atomic E-state index is 11.4. The Kier molecular flexibility index (Phi) is 4.64. The number of rotatable bonds is 4. The fourth-order valence-corrected chi connectivity index (χ4v) is 3.02. The maximum absolute atomic E-state index is 11.4. The average molecular weight is 327 g/mol. The summed E-state index contributed by atoms with van der Waals surface area (Å²) in [6, 6.07) is 8.99. The highest BCUT2D eigenvalue weighted by Crippen LogP contribution is 2.30. The molecule has 0 saturated carbocycles. The van der Waals surface area contributed by atoms with E-state index in [2.05, 4.69) is 14.9 Å². The van der Waals surface area contributed by atoms with Gasteiger partial charge in [-0.05, 0) is 31.4 Å². The van der Waals surface area contributed by atoms with Crippen LogP contribution in [0.25, 0.3) is 11.4 Å². The van der Waals surface area contributed by atoms with Crippen molar-refractivity contribution in [3.63, 3.8) is 0 Å². The Balaban J connectivity index is 1.83. The smallest absolute Gasteiger partial charge is 0.305 e. The van der Waals surface area contributed by atoms with Gasteiger partial charge in [0, 0.05) is 24.8 Å². The van der Waals surface area contributed by atoms with Gasteiger partial charge in [0.1, 0.15) is 11.6 Å². The summed E-state index contributed by atoms with van der Waals surface area (Å²) in [6.45, 7) is 3.53. The van der Waals surface area contributed by atoms with Crippen LogP contribution in [0.5, 0.6) is 5.75 Å². The van der Waals surface area contributed by atoms with Gasteiger partial charge in [0.2, 0.25) is 0 Å². The number of hydrogen-bond donors (Lipinski definition) is 1. The van der Waals surface area contributed by atoms with E-state index in [1.807, 2.05) is 19.1 Å². The Labute approximate surface area is 141 Å². The summed E-state index contributed by atoms with van der Waals surface area (Å²) in [5.74, 6) is 1.61. The minimum absolute atomic E-state index is 0.166. The Bertz CT molecular complexity index is 748. The molecule has 0 unspecified atom stereocenters. The molecule has 2 aromatic rings. The molecule has 1 saturated heterocycles. The SMILES string of the molecule is COC(=O)C[C@H]1CCN(c2cc(C)nc(-c3ccccc3O)n2)C1. The van der Waals surface area contributed by atoms with Gasteiger partial charge in [-0.15, -0.1) is 0 Å². The number of nitrogens with zero attached hydrogens (tertiary/aromatic N) is 3. The van der Waals surface area contributed by atoms with E-state index in [1.54, 1.807) is 18.2 Å². The first-order valence-electron chi connectivity index (χ1n) is 8.02. The van der Waals surface area contributed by atoms with Crippen molar-refractivity contribution in [3.8, 4) is 17.1 Å². The normalized spacial score (nSPS) is 17.1. The molecule has 0 spiro atoms. The van der Waals surface area contributed by atoms with E-state index >= 15 is 0 Å². The summed E-state index contributed by atoms with van der Waals surface area (Å²) in [7, 11) is 1.42. The minimum Gasteiger partial charge on any atom is -0.507 e. The number of hydrogen-bond acceptors (Lipinski definition) is 6. The highest BCUT2D eigenvalue weighted by molar-refractivity contribution is 5.70. The summed E-state index contributed by atoms with van der Waals surface area (Å²) < 4.78 is 4.75. The predicted molar refractivity (Wildman–Crippen MR) is 90.8 cm³/mol. The number of esters is 1. The van der Waals surface area contributed by atoms with Crippen molar-refractivity contribution in [2.45, 2.75) is 19.8 Å². The molecule has 126 valence electrons. The molecular formula is C18H21N3O3. The molecule has 0 bridgehead atoms. The van der Waals surface area contributed by atoms with Gasteiger partial charge in [0.25, 0.3) is 0 Å². The molecule has 24 heavy (non-hydrogen) atoms. The number of carbonyl (C=O) groups is 1. The Morgan fingerprint density at radius 2 is 2.17 bits per heavy atom. The average Bonchev–Trinajstić information content (AvgIpc) is 3.03. The van der Waals surface area contributed by atoms with Gasteiger partial charge in [-0.3, -0.25) is 4.79 Å². The lowest BCUT2D eigenvalue weighted by atomic mass is 10.1. The largest absolute Gasteiger partial charge is 0.507 e. The number of para-hydroxylation sites is 1. The summed E-state index contributed by atoms with van der Waals surface area (Å²) in [6.07, 6.45) is 1.37. The van der Waals surface area contributed by atoms with Gasteiger partial charge in [-0.25, -0.2) is 9.97 Å². The number of benzene rings is 1. The van der Waals surface area contributed by atoms with Crippen LogP contribution >= 0.6 is 0 Å². The monoisotopic (exact) mass is 327 g/mol. The first kappa shape index (κ1) is 16.2. The lowest BCUT2D eigenvalue weighted by Crippen LogP contribution is -2.22. The van der Waals surface area contributed by atoms with Gasteiger partial charge in [-0.2, -0.15) is 0 Å². The van der Waals surface area contributed by atoms with Crippen LogP contribution in [0.4, 0.5) is 5.82 Å². The number of aryl methyl sites for hydroxylation is 1. The molecule has 0 aliphatic carbocycles. The lowest BCUT2D eigenvalue weighted by Gasteiger charge is -2.18. The van der Waals surface area contributed by atoms with E-state index in [-0.39, 0.29) is 17.6 Å². The minimum atomic E-state index is -0.171. The predicted octanol–water partition coefficient (Wildman–Crippen LogP) is 2.55. The van der Waals surface area contributed by atoms with Crippen molar-refractivity contribution < 1.29 is 14.6 Å². The van der Waals surface area contributed by atoms with Crippen LogP contribution in [-0.2, 0) is 9.53 Å². The summed E-state index contributed by atoms with van der Waals surface area (Å²) in [4.78, 5) is 22.7. The van der Waals surface area contributed by atoms with Crippen molar-refractivity contribution >= 4 is 11.8 Å². The standard InChI is InChI=1S/C18H21N3O3/c1-12-9-16(21-8-7-13(11-21)10-17(23)24-2)20-18(19-12)14-5-3-4-6-15(14)22/h3-6,9,13,22H,7-8,10-11H2,1-2H3/t13-/m1/s1. The number of phenolic OH excluding ortho intramolecular Hbond substituents is 1. The molecule has 1 aromatic carbocycles. The van der Waals surface area contributed by atoms with Gasteiger partial charge >= 0.3 is 5.97 Å². The summed E-state index contributed by atoms with van der Waals surface area (Å²) in [5.41, 5.74) is 1.46. The Morgan fingerprint density at radius 3 is 2.92 bits per heavy atom. The van der Waals surface area contributed by atoms with Crippen molar-refractivity contribution in [2.24, 2.45) is 5.92 Å². The van der Waals surface area contributed by atoms with E-state index in [4.69, 9.17) is 4.74 Å². The number of phenols is 1. The molecule has 0 radical (unpaired) electrons. The first-order valence-corrected chi connectivity index (χ1v) is 8.02. The molecule has 1 aromatic heterocycles. The molecule has 6 nitrogen and oxygen atoms in total. The third-order valence-electron chi connectivity index (χ3n) is 4.28. The van der Waals surface area contributed by atoms with Gasteiger partial charge in [-0.1, -0.05) is 12.1 Å². The zero-order valence-electron chi connectivity index (χ0n) is 13.9. The second kappa shape index (κ2) is 6.86. The molecular weight excluding hydrogens is 306 g/mol. The molecule has 2 heterocycles. The van der Waals surface area contributed by atoms with Crippen LogP contribution in [0.2, 0.25) is 0 Å². The summed E-state index contributed by atoms with van der Waals surface area (Å²) >= 11 is 0. The molecule has 1 N–H and O–H groups in total. The second-order valence-corrected chi connectivity index (χ2v) is 6.09. The lowest BCUT2D eigenvalue weighted by molar-refractivity contribution is -0.141. The van der Waals surface area contributed by atoms with E-state index in [1.165, 1.54) is 7.11 Å². The van der Waals surface area contributed by atoms with Gasteiger partial charge < -0.3 is 14.7 Å². The number of aromatic hydroxyl groups is 1. The molecule has 1 aliphatic rings. The number of anilines is 1. The first-order chi connectivity index (χ1) is 11.6. The Morgan fingerprint density at radius 1 is 1.38 bits per heavy atom. The molecule has 3 rings (SSSR count). The zero-order valence-corrected chi connectivity index (χ0v) is 13.9. The van der Waals surface area contributed by atoms with Crippen LogP contribution in [0.15, 0.2) is 30.3 Å². The van der Waals surface area contributed by atoms with Crippen LogP contribution in [0.3, 0.4) is 0 Å². The number of ether oxygens (including phenoxy) is 1. The number of carbonyl (C=O) groups excluding carboxylic acids is 1. The van der Waals surface area contributed by atoms with E-state index in [0.717, 1.165) is 31.0 Å². The second-order valence-electron chi connectivity index (χ2n) is 6.09. The molecule has 6 heteroatoms. The van der Waals surface area contributed by atoms with E-state index in [9.17, 15) is 9.90 Å². The van der Waals surface area contributed by atoms with Crippen molar-refractivity contribution in [1.29, 1.82) is 0 Å². The van der Waals surface area contributed by atoms with E-state index in [0.29, 0.717) is 17.8 Å². The van der Waals surface area contributed by atoms with Gasteiger partial charge in [0.05, 0.1) is 19.1 Å². The maximum Gasteiger partial charge on any atom is 0.305 e. The third kappa shape index (κ3) is 3.48. The zero-order chi connectivity index (χ0) is 17.1. The molecule has 1 aliphatic heterocycles. The fraction of sp³-hybridized carbons (Fsp3) is 0.389. The van der Waals surface area contributed by atoms with Crippen LogP contribution in [0, 0.1) is 12.8 Å². The highest BCUT2D eigenvalue weighted by Gasteiger charge is 2.26. The Hall–Kier alpha value is -2.63. The molecule has 0 amide bonds. The number of aromatic nitrogens is 2. The van der Waals surface area contributed by atoms with Crippen molar-refractivity contribution in [3.05, 3.63) is 36.0 Å². The topological polar surface area (TPSA) is 75.5 Å². The van der Waals surface area contributed by atoms with Crippen LogP contribution in [-0.4, -0.2) is 41.2 Å². The third-order valence-corrected chi connectivity index (χ3v) is 4.28. The fourth-order valence-electron chi connectivity index (χ4n) is 3.02. The highest BCUT2D eigenvalue weighted by atomic mass is 16.5. The summed E-state index contributed by atoms with van der Waals surface area (Å²) in [5, 5.41) is 10.0. The van der Waals surface area contributed by atoms with Crippen molar-refractivity contribution in [1.82, 2.24) is 9.97 Å². The quantitative estimate of drug-likeness (QED) is 0.870. The van der Waals surface area contributed by atoms with Crippen LogP contribution < -0.4 is 4.90 Å². The van der Waals surface area contributed by atoms with Crippen LogP contribution in [0.1, 0.15) is 18.5 Å². The van der Waals surface area contributed by atoms with Crippen molar-refractivity contribution in [2.75, 3.05) is 25.1 Å². The van der Waals surface area contributed by atoms with Gasteiger partial charge in [0.15, 0.2) is 5.82 Å². The van der Waals surface area contributed by atoms with E-state index < -0.39 is 0 Å². The molecule has 1 atom stereocenters. The number of methoxy groups -OCH3 is 1.